The van der Waals surface area contributed by atoms with Crippen LogP contribution in [0.1, 0.15) is 86.0 Å². The van der Waals surface area contributed by atoms with E-state index in [9.17, 15) is 14.4 Å². The largest absolute Gasteiger partial charge is 0.481 e. The topological polar surface area (TPSA) is 146 Å². The van der Waals surface area contributed by atoms with Crippen molar-refractivity contribution in [3.63, 3.8) is 0 Å². The van der Waals surface area contributed by atoms with E-state index in [0.717, 1.165) is 25.7 Å². The van der Waals surface area contributed by atoms with Gasteiger partial charge >= 0.3 is 7.12 Å². The molecule has 0 aromatic carbocycles. The van der Waals surface area contributed by atoms with Crippen LogP contribution in [0.2, 0.25) is 25.7 Å². The van der Waals surface area contributed by atoms with Crippen molar-refractivity contribution in [2.45, 2.75) is 141 Å². The minimum atomic E-state index is -1.72. The summed E-state index contributed by atoms with van der Waals surface area (Å²) in [5.74, 6) is 0.335. The van der Waals surface area contributed by atoms with Crippen LogP contribution in [0, 0.1) is 23.2 Å². The molecular formula is C31H55BN6O5Si. The monoisotopic (exact) mass is 630 g/mol. The molecule has 0 aromatic heterocycles. The molecule has 2 aliphatic heterocycles. The number of unbranched alkanes of at least 4 members (excludes halogenated alkanes) is 1. The fraction of sp³-hybridized carbons (Fsp3) is 0.903. The fourth-order valence-electron chi connectivity index (χ4n) is 8.16. The van der Waals surface area contributed by atoms with Crippen molar-refractivity contribution < 1.29 is 23.7 Å². The number of nitrogens with zero attached hydrogens (tertiary/aromatic N) is 4. The number of likely N-dealkylation sites (tertiary alicyclic amines) is 1. The van der Waals surface area contributed by atoms with Crippen molar-refractivity contribution in [1.82, 2.24) is 15.5 Å². The molecule has 5 rings (SSSR count). The Labute approximate surface area is 265 Å². The molecule has 0 radical (unpaired) electrons. The second-order valence-electron chi connectivity index (χ2n) is 16.1. The lowest BCUT2D eigenvalue weighted by molar-refractivity contribution is -0.199. The summed E-state index contributed by atoms with van der Waals surface area (Å²) in [5, 5.41) is 9.92. The van der Waals surface area contributed by atoms with E-state index < -0.39 is 38.8 Å². The Bertz CT molecular complexity index is 1130. The van der Waals surface area contributed by atoms with Gasteiger partial charge in [0.15, 0.2) is 0 Å². The number of nitrogens with one attached hydrogen (secondary N) is 2. The van der Waals surface area contributed by atoms with Crippen molar-refractivity contribution in [3.05, 3.63) is 10.4 Å². The molecule has 3 saturated carbocycles. The highest BCUT2D eigenvalue weighted by Gasteiger charge is 2.68. The second-order valence-corrected chi connectivity index (χ2v) is 21.6. The molecule has 11 nitrogen and oxygen atoms in total. The molecule has 0 aromatic rings. The summed E-state index contributed by atoms with van der Waals surface area (Å²) < 4.78 is 13.3. The zero-order valence-electron chi connectivity index (χ0n) is 28.2. The van der Waals surface area contributed by atoms with E-state index >= 15 is 0 Å². The number of hydrogen-bond donors (Lipinski definition) is 2. The zero-order chi connectivity index (χ0) is 32.4. The van der Waals surface area contributed by atoms with Crippen LogP contribution >= 0.6 is 0 Å². The predicted octanol–water partition coefficient (Wildman–Crippen LogP) is 5.08. The van der Waals surface area contributed by atoms with Crippen molar-refractivity contribution >= 4 is 32.9 Å². The molecule has 13 heteroatoms. The Kier molecular flexibility index (Phi) is 10.9. The van der Waals surface area contributed by atoms with E-state index in [-0.39, 0.29) is 35.2 Å². The van der Waals surface area contributed by atoms with Crippen LogP contribution < -0.4 is 10.6 Å². The summed E-state index contributed by atoms with van der Waals surface area (Å²) in [6, 6.07) is -0.612. The molecule has 5 fully saturated rings. The molecule has 246 valence electrons. The minimum absolute atomic E-state index is 0.00630. The van der Waals surface area contributed by atoms with Crippen molar-refractivity contribution in [2.75, 3.05) is 13.1 Å². The Morgan fingerprint density at radius 1 is 1.14 bits per heavy atom. The maximum absolute atomic E-state index is 14.0. The summed E-state index contributed by atoms with van der Waals surface area (Å²) in [6.07, 6.45) is 5.81. The summed E-state index contributed by atoms with van der Waals surface area (Å²) in [7, 11) is -2.30. The fourth-order valence-corrected chi connectivity index (χ4v) is 9.66. The molecule has 3 aliphatic carbocycles. The number of amides is 3. The molecule has 44 heavy (non-hydrogen) atoms. The average Bonchev–Trinajstić information content (AvgIpc) is 3.54. The molecule has 2 saturated heterocycles. The molecule has 3 amide bonds. The van der Waals surface area contributed by atoms with E-state index in [1.54, 1.807) is 4.90 Å². The molecule has 5 aliphatic rings. The highest BCUT2D eigenvalue weighted by molar-refractivity contribution is 6.76. The number of carbonyl (C=O) groups excluding carboxylic acids is 3. The first-order chi connectivity index (χ1) is 20.6. The molecule has 2 bridgehead atoms. The third-order valence-corrected chi connectivity index (χ3v) is 12.2. The Morgan fingerprint density at radius 2 is 1.86 bits per heavy atom. The first kappa shape index (κ1) is 34.8. The van der Waals surface area contributed by atoms with Gasteiger partial charge in [0.05, 0.1) is 17.6 Å². The van der Waals surface area contributed by atoms with Gasteiger partial charge in [-0.25, -0.2) is 0 Å². The molecule has 7 atom stereocenters. The SMILES string of the molecule is CC(C)CC(=O)N[C@H](C[Si](C)(C)C)C(=O)N1CCC[C@H]1C(=O)N[C@@H](CCCCN=[N+]=[N-])B1O[C@@H]2C[C@@H]3C[C@@H](C3(C)C)[C@]2(C)O1. The van der Waals surface area contributed by atoms with Gasteiger partial charge in [0.2, 0.25) is 17.7 Å². The maximum Gasteiger partial charge on any atom is 0.481 e. The van der Waals surface area contributed by atoms with Crippen LogP contribution in [-0.4, -0.2) is 80.6 Å². The van der Waals surface area contributed by atoms with Crippen molar-refractivity contribution in [3.8, 4) is 0 Å². The van der Waals surface area contributed by atoms with Gasteiger partial charge in [0, 0.05) is 32.5 Å². The van der Waals surface area contributed by atoms with Crippen LogP contribution in [0.15, 0.2) is 5.11 Å². The Morgan fingerprint density at radius 3 is 2.50 bits per heavy atom. The van der Waals surface area contributed by atoms with Gasteiger partial charge in [-0.05, 0) is 80.2 Å². The first-order valence-electron chi connectivity index (χ1n) is 16.8. The van der Waals surface area contributed by atoms with Gasteiger partial charge in [-0.1, -0.05) is 58.9 Å². The number of carbonyl (C=O) groups is 3. The Balaban J connectivity index is 1.47. The first-order valence-corrected chi connectivity index (χ1v) is 20.5. The van der Waals surface area contributed by atoms with Crippen molar-refractivity contribution in [2.24, 2.45) is 28.3 Å². The predicted molar refractivity (Wildman–Crippen MR) is 174 cm³/mol. The maximum atomic E-state index is 14.0. The highest BCUT2D eigenvalue weighted by atomic mass is 28.3. The van der Waals surface area contributed by atoms with E-state index in [2.05, 4.69) is 61.1 Å². The molecule has 0 spiro atoms. The second kappa shape index (κ2) is 13.7. The quantitative estimate of drug-likeness (QED) is 0.0904. The van der Waals surface area contributed by atoms with E-state index in [0.29, 0.717) is 56.7 Å². The van der Waals surface area contributed by atoms with Crippen LogP contribution in [0.3, 0.4) is 0 Å². The van der Waals surface area contributed by atoms with E-state index in [1.807, 2.05) is 13.8 Å². The Hall–Kier alpha value is -2.08. The summed E-state index contributed by atoms with van der Waals surface area (Å²) >= 11 is 0. The van der Waals surface area contributed by atoms with Crippen LogP contribution in [-0.2, 0) is 23.7 Å². The molecule has 0 unspecified atom stereocenters. The summed E-state index contributed by atoms with van der Waals surface area (Å²) in [6.45, 7) is 18.2. The molecule has 2 N–H and O–H groups in total. The summed E-state index contributed by atoms with van der Waals surface area (Å²) in [5.41, 5.74) is 8.48. The van der Waals surface area contributed by atoms with E-state index in [1.165, 1.54) is 0 Å². The van der Waals surface area contributed by atoms with Crippen LogP contribution in [0.5, 0.6) is 0 Å². The lowest BCUT2D eigenvalue weighted by atomic mass is 9.43. The lowest BCUT2D eigenvalue weighted by Crippen LogP contribution is -2.65. The normalized spacial score (nSPS) is 30.2. The van der Waals surface area contributed by atoms with Crippen LogP contribution in [0.4, 0.5) is 0 Å². The van der Waals surface area contributed by atoms with Gasteiger partial charge in [0.25, 0.3) is 0 Å². The van der Waals surface area contributed by atoms with Gasteiger partial charge in [-0.3, -0.25) is 14.4 Å². The van der Waals surface area contributed by atoms with E-state index in [4.69, 9.17) is 14.8 Å². The number of azide groups is 1. The highest BCUT2D eigenvalue weighted by Crippen LogP contribution is 2.65. The zero-order valence-corrected chi connectivity index (χ0v) is 29.2. The van der Waals surface area contributed by atoms with Gasteiger partial charge in [-0.2, -0.15) is 0 Å². The third kappa shape index (κ3) is 7.65. The number of rotatable bonds is 14. The van der Waals surface area contributed by atoms with Crippen molar-refractivity contribution in [1.29, 1.82) is 0 Å². The summed E-state index contributed by atoms with van der Waals surface area (Å²) in [4.78, 5) is 45.2. The molecular weight excluding hydrogens is 575 g/mol. The smallest absolute Gasteiger partial charge is 0.404 e. The van der Waals surface area contributed by atoms with Gasteiger partial charge < -0.3 is 24.8 Å². The lowest BCUT2D eigenvalue weighted by Gasteiger charge is -2.64. The standard InChI is InChI=1S/C31H55BN6O5Si/c1-20(2)16-27(39)35-22(19-44(6,7)8)29(41)38-15-11-12-23(38)28(40)36-26(13-9-10-14-34-37-33)32-42-25-18-21-17-24(30(21,3)4)31(25,5)43-32/h20-26H,9-19H2,1-8H3,(H,35,39)(H,36,40)/t21-,22+,23-,24-,25+,26-,31-/m0/s1. The van der Waals surface area contributed by atoms with Crippen LogP contribution in [0.25, 0.3) is 10.4 Å². The van der Waals surface area contributed by atoms with Gasteiger partial charge in [-0.15, -0.1) is 0 Å². The van der Waals surface area contributed by atoms with Gasteiger partial charge in [0.1, 0.15) is 12.1 Å². The number of hydrogen-bond acceptors (Lipinski definition) is 6. The minimum Gasteiger partial charge on any atom is -0.404 e. The third-order valence-electron chi connectivity index (χ3n) is 10.6. The molecule has 2 heterocycles. The average molecular weight is 631 g/mol.